The third-order valence-electron chi connectivity index (χ3n) is 6.61. The first-order valence-corrected chi connectivity index (χ1v) is 11.8. The van der Waals surface area contributed by atoms with Crippen LogP contribution in [-0.4, -0.2) is 23.3 Å². The van der Waals surface area contributed by atoms with E-state index in [4.69, 9.17) is 14.2 Å². The van der Waals surface area contributed by atoms with Crippen molar-refractivity contribution in [1.29, 1.82) is 0 Å². The van der Waals surface area contributed by atoms with Crippen LogP contribution in [0.4, 0.5) is 10.5 Å². The van der Waals surface area contributed by atoms with Gasteiger partial charge in [-0.25, -0.2) is 4.79 Å². The summed E-state index contributed by atoms with van der Waals surface area (Å²) in [5.74, 6) is 1.58. The van der Waals surface area contributed by atoms with E-state index in [1.54, 1.807) is 12.0 Å². The second-order valence-corrected chi connectivity index (χ2v) is 9.05. The van der Waals surface area contributed by atoms with Gasteiger partial charge in [0.2, 0.25) is 5.82 Å². The number of aromatic nitrogens is 2. The van der Waals surface area contributed by atoms with Gasteiger partial charge in [-0.3, -0.25) is 4.90 Å². The fraction of sp³-hybridized carbons (Fsp3) is 0.207. The van der Waals surface area contributed by atoms with Gasteiger partial charge in [0.15, 0.2) is 0 Å². The molecule has 7 nitrogen and oxygen atoms in total. The summed E-state index contributed by atoms with van der Waals surface area (Å²) in [5.41, 5.74) is 7.43. The number of nitrogens with zero attached hydrogens (tertiary/aromatic N) is 3. The highest BCUT2D eigenvalue weighted by molar-refractivity contribution is 6.01. The lowest BCUT2D eigenvalue weighted by atomic mass is 9.92. The van der Waals surface area contributed by atoms with Gasteiger partial charge in [0.1, 0.15) is 5.75 Å². The first-order chi connectivity index (χ1) is 17.4. The zero-order valence-electron chi connectivity index (χ0n) is 21.0. The fourth-order valence-corrected chi connectivity index (χ4v) is 4.49. The number of hydrogen-bond donors (Lipinski definition) is 1. The molecule has 1 atom stereocenters. The van der Waals surface area contributed by atoms with Gasteiger partial charge in [0.25, 0.3) is 5.89 Å². The number of nitrogens with one attached hydrogen (secondary N) is 1. The van der Waals surface area contributed by atoms with Gasteiger partial charge < -0.3 is 14.6 Å². The van der Waals surface area contributed by atoms with Crippen molar-refractivity contribution >= 4 is 17.3 Å². The SMILES string of the molecule is COc1ccc(N2C(=O)NC(c3ccc(C)c(C)c3)C(c3nc(-c4cccc(C)c4)no3)=C2C)cc1. The minimum Gasteiger partial charge on any atom is -0.497 e. The van der Waals surface area contributed by atoms with Crippen molar-refractivity contribution in [2.24, 2.45) is 0 Å². The molecule has 1 unspecified atom stereocenters. The predicted octanol–water partition coefficient (Wildman–Crippen LogP) is 6.37. The number of rotatable bonds is 5. The molecule has 0 spiro atoms. The summed E-state index contributed by atoms with van der Waals surface area (Å²) in [7, 11) is 1.61. The monoisotopic (exact) mass is 480 g/mol. The second-order valence-electron chi connectivity index (χ2n) is 9.05. The Hall–Kier alpha value is -4.39. The van der Waals surface area contributed by atoms with Crippen molar-refractivity contribution in [3.05, 3.63) is 101 Å². The predicted molar refractivity (Wildman–Crippen MR) is 140 cm³/mol. The maximum atomic E-state index is 13.4. The number of aryl methyl sites for hydroxylation is 3. The molecule has 1 N–H and O–H groups in total. The molecule has 2 heterocycles. The number of benzene rings is 3. The average molecular weight is 481 g/mol. The minimum atomic E-state index is -0.447. The molecule has 1 aliphatic heterocycles. The van der Waals surface area contributed by atoms with Crippen molar-refractivity contribution in [2.45, 2.75) is 33.7 Å². The highest BCUT2D eigenvalue weighted by Gasteiger charge is 2.36. The van der Waals surface area contributed by atoms with E-state index in [1.807, 2.05) is 68.4 Å². The Labute approximate surface area is 210 Å². The zero-order valence-corrected chi connectivity index (χ0v) is 21.0. The molecule has 7 heteroatoms. The Morgan fingerprint density at radius 3 is 2.42 bits per heavy atom. The molecule has 4 aromatic rings. The topological polar surface area (TPSA) is 80.5 Å². The normalized spacial score (nSPS) is 15.8. The van der Waals surface area contributed by atoms with Crippen LogP contribution in [-0.2, 0) is 0 Å². The lowest BCUT2D eigenvalue weighted by Gasteiger charge is -2.35. The summed E-state index contributed by atoms with van der Waals surface area (Å²) in [4.78, 5) is 19.8. The van der Waals surface area contributed by atoms with E-state index < -0.39 is 6.04 Å². The molecule has 0 saturated heterocycles. The Morgan fingerprint density at radius 2 is 1.72 bits per heavy atom. The number of amides is 2. The van der Waals surface area contributed by atoms with Gasteiger partial charge in [-0.05, 0) is 74.7 Å². The van der Waals surface area contributed by atoms with Crippen LogP contribution in [0.5, 0.6) is 5.75 Å². The lowest BCUT2D eigenvalue weighted by molar-refractivity contribution is 0.244. The average Bonchev–Trinajstić information content (AvgIpc) is 3.35. The van der Waals surface area contributed by atoms with Gasteiger partial charge in [-0.2, -0.15) is 4.98 Å². The first-order valence-electron chi connectivity index (χ1n) is 11.8. The van der Waals surface area contributed by atoms with Crippen LogP contribution < -0.4 is 15.0 Å². The number of hydrogen-bond acceptors (Lipinski definition) is 5. The van der Waals surface area contributed by atoms with Gasteiger partial charge in [-0.15, -0.1) is 0 Å². The summed E-state index contributed by atoms with van der Waals surface area (Å²) >= 11 is 0. The molecule has 182 valence electrons. The summed E-state index contributed by atoms with van der Waals surface area (Å²) in [6, 6.07) is 20.8. The highest BCUT2D eigenvalue weighted by Crippen LogP contribution is 2.39. The summed E-state index contributed by atoms with van der Waals surface area (Å²) in [6.45, 7) is 8.06. The van der Waals surface area contributed by atoms with Gasteiger partial charge in [0.05, 0.1) is 24.4 Å². The van der Waals surface area contributed by atoms with Gasteiger partial charge in [-0.1, -0.05) is 47.1 Å². The van der Waals surface area contributed by atoms with Crippen molar-refractivity contribution < 1.29 is 14.1 Å². The molecule has 0 saturated carbocycles. The van der Waals surface area contributed by atoms with Crippen LogP contribution in [0.3, 0.4) is 0 Å². The molecule has 0 radical (unpaired) electrons. The van der Waals surface area contributed by atoms with E-state index in [2.05, 4.69) is 36.5 Å². The summed E-state index contributed by atoms with van der Waals surface area (Å²) < 4.78 is 11.1. The molecular formula is C29H28N4O3. The number of anilines is 1. The molecule has 2 amide bonds. The van der Waals surface area contributed by atoms with E-state index in [9.17, 15) is 4.79 Å². The van der Waals surface area contributed by atoms with Crippen LogP contribution in [0.1, 0.15) is 41.1 Å². The third kappa shape index (κ3) is 4.24. The Kier molecular flexibility index (Phi) is 6.06. The zero-order chi connectivity index (χ0) is 25.4. The number of allylic oxidation sites excluding steroid dienone is 1. The van der Waals surface area contributed by atoms with Gasteiger partial charge >= 0.3 is 6.03 Å². The fourth-order valence-electron chi connectivity index (χ4n) is 4.49. The minimum absolute atomic E-state index is 0.233. The second kappa shape index (κ2) is 9.34. The Balaban J connectivity index is 1.65. The Morgan fingerprint density at radius 1 is 0.944 bits per heavy atom. The summed E-state index contributed by atoms with van der Waals surface area (Å²) in [6.07, 6.45) is 0. The number of urea groups is 1. The van der Waals surface area contributed by atoms with E-state index in [0.29, 0.717) is 28.8 Å². The molecule has 1 aromatic heterocycles. The number of carbonyl (C=O) groups is 1. The van der Waals surface area contributed by atoms with Crippen molar-refractivity contribution in [2.75, 3.05) is 12.0 Å². The van der Waals surface area contributed by atoms with Crippen LogP contribution >= 0.6 is 0 Å². The standard InChI is InChI=1S/C29H28N4O3/c1-17-7-6-8-22(15-17)27-31-28(36-32-27)25-20(4)33(23-11-13-24(35-5)14-12-23)29(34)30-26(25)21-10-9-18(2)19(3)16-21/h6-16,26H,1-5H3,(H,30,34). The maximum absolute atomic E-state index is 13.4. The van der Waals surface area contributed by atoms with Crippen LogP contribution in [0.15, 0.2) is 77.0 Å². The molecule has 0 fully saturated rings. The van der Waals surface area contributed by atoms with E-state index >= 15 is 0 Å². The number of ether oxygens (including phenoxy) is 1. The first kappa shape index (κ1) is 23.4. The van der Waals surface area contributed by atoms with E-state index in [0.717, 1.165) is 27.8 Å². The summed E-state index contributed by atoms with van der Waals surface area (Å²) in [5, 5.41) is 7.43. The molecular weight excluding hydrogens is 452 g/mol. The van der Waals surface area contributed by atoms with Crippen molar-refractivity contribution in [3.8, 4) is 17.1 Å². The quantitative estimate of drug-likeness (QED) is 0.359. The van der Waals surface area contributed by atoms with E-state index in [-0.39, 0.29) is 6.03 Å². The smallest absolute Gasteiger partial charge is 0.326 e. The van der Waals surface area contributed by atoms with Gasteiger partial charge in [0, 0.05) is 11.3 Å². The van der Waals surface area contributed by atoms with E-state index in [1.165, 1.54) is 5.56 Å². The lowest BCUT2D eigenvalue weighted by Crippen LogP contribution is -2.46. The molecule has 1 aliphatic rings. The van der Waals surface area contributed by atoms with Crippen molar-refractivity contribution in [3.63, 3.8) is 0 Å². The third-order valence-corrected chi connectivity index (χ3v) is 6.61. The highest BCUT2D eigenvalue weighted by atomic mass is 16.5. The maximum Gasteiger partial charge on any atom is 0.326 e. The number of methoxy groups -OCH3 is 1. The molecule has 3 aromatic carbocycles. The van der Waals surface area contributed by atoms with Crippen LogP contribution in [0, 0.1) is 20.8 Å². The van der Waals surface area contributed by atoms with Crippen LogP contribution in [0.25, 0.3) is 17.0 Å². The molecule has 0 aliphatic carbocycles. The molecule has 36 heavy (non-hydrogen) atoms. The molecule has 5 rings (SSSR count). The van der Waals surface area contributed by atoms with Crippen LogP contribution in [0.2, 0.25) is 0 Å². The molecule has 0 bridgehead atoms. The largest absolute Gasteiger partial charge is 0.497 e. The Bertz CT molecular complexity index is 1470. The van der Waals surface area contributed by atoms with Crippen molar-refractivity contribution in [1.82, 2.24) is 15.5 Å². The number of carbonyl (C=O) groups excluding carboxylic acids is 1.